The summed E-state index contributed by atoms with van der Waals surface area (Å²) < 4.78 is 12.0. The van der Waals surface area contributed by atoms with Crippen LogP contribution in [0, 0.1) is 0 Å². The maximum Gasteiger partial charge on any atom is 0.414 e. The van der Waals surface area contributed by atoms with Gasteiger partial charge in [0.05, 0.1) is 63.1 Å². The highest BCUT2D eigenvalue weighted by atomic mass is 16.6. The second-order valence-electron chi connectivity index (χ2n) is 25.7. The van der Waals surface area contributed by atoms with Crippen LogP contribution in [0.1, 0.15) is 134 Å². The van der Waals surface area contributed by atoms with Crippen molar-refractivity contribution in [1.29, 1.82) is 0 Å². The van der Waals surface area contributed by atoms with E-state index >= 15 is 0 Å². The Morgan fingerprint density at radius 1 is 0.500 bits per heavy atom. The number of carbonyl (C=O) groups excluding carboxylic acids is 2. The van der Waals surface area contributed by atoms with Gasteiger partial charge in [-0.2, -0.15) is 0 Å². The predicted molar refractivity (Wildman–Crippen MR) is 315 cm³/mol. The number of rotatable bonds is 8. The van der Waals surface area contributed by atoms with Gasteiger partial charge in [-0.1, -0.05) is 186 Å². The van der Waals surface area contributed by atoms with E-state index < -0.39 is 12.2 Å². The normalized spacial score (nSPS) is 19.7. The van der Waals surface area contributed by atoms with Gasteiger partial charge >= 0.3 is 12.2 Å². The largest absolute Gasteiger partial charge is 0.447 e. The van der Waals surface area contributed by atoms with Gasteiger partial charge in [0.2, 0.25) is 0 Å². The number of aromatic amines is 1. The average molecular weight is 1040 g/mol. The number of aliphatic imine (C=N–C) groups is 3. The minimum absolute atomic E-state index is 0.180. The van der Waals surface area contributed by atoms with Crippen molar-refractivity contribution in [1.82, 2.24) is 14.8 Å². The molecule has 4 aromatic carbocycles. The number of allylic oxidation sites excluding steroid dienone is 5. The summed E-state index contributed by atoms with van der Waals surface area (Å²) in [6, 6.07) is 37.8. The third kappa shape index (κ3) is 10.1. The summed E-state index contributed by atoms with van der Waals surface area (Å²) >= 11 is 0. The molecule has 10 heteroatoms. The van der Waals surface area contributed by atoms with Gasteiger partial charge < -0.3 is 14.5 Å². The highest BCUT2D eigenvalue weighted by Gasteiger charge is 2.42. The lowest BCUT2D eigenvalue weighted by molar-refractivity contribution is 0.164. The van der Waals surface area contributed by atoms with Crippen molar-refractivity contribution in [3.8, 4) is 0 Å². The van der Waals surface area contributed by atoms with Crippen LogP contribution in [-0.4, -0.2) is 69.4 Å². The van der Waals surface area contributed by atoms with E-state index in [1.54, 1.807) is 9.80 Å². The first-order chi connectivity index (χ1) is 37.0. The van der Waals surface area contributed by atoms with Crippen LogP contribution in [0.3, 0.4) is 0 Å². The standard InChI is InChI=1S/C68H72N6O4/c1-65(2,3)45-33-43(34-46(37-45)66(4,5)6)59-51-23-27-55(69-51)61(73-49(39-77-63(73)75)31-41-19-15-13-16-20-41)57-29-25-53(71-57)60(44-35-47(67(7,8)9)38-48(36-44)68(10,11)12)54-26-30-58(72-54)62(56-28-24-52(59)70-56)74-50(40-78-64(74)76)32-42-21-17-14-18-22-42/h13-25,27-30,33-38,49-50,69H,26,31-32,39-40H2,1-12H3. The average Bonchev–Trinajstić information content (AvgIpc) is 4.39. The van der Waals surface area contributed by atoms with Crippen molar-refractivity contribution in [2.45, 2.75) is 136 Å². The molecule has 11 rings (SSSR count). The lowest BCUT2D eigenvalue weighted by Crippen LogP contribution is -2.39. The molecule has 2 amide bonds. The maximum atomic E-state index is 14.5. The number of benzene rings is 4. The molecule has 0 saturated carbocycles. The number of fused-ring (bicyclic) bond motifs is 5. The fourth-order valence-electron chi connectivity index (χ4n) is 11.2. The van der Waals surface area contributed by atoms with Crippen LogP contribution in [0.4, 0.5) is 9.59 Å². The zero-order chi connectivity index (χ0) is 55.1. The first kappa shape index (κ1) is 52.2. The van der Waals surface area contributed by atoms with Crippen molar-refractivity contribution in [3.63, 3.8) is 0 Å². The molecule has 2 saturated heterocycles. The molecule has 0 radical (unpaired) electrons. The number of aromatic nitrogens is 1. The number of hydrogen-bond acceptors (Lipinski definition) is 7. The molecule has 0 spiro atoms. The zero-order valence-electron chi connectivity index (χ0n) is 47.3. The number of nitrogens with zero attached hydrogens (tertiary/aromatic N) is 5. The van der Waals surface area contributed by atoms with E-state index in [2.05, 4.69) is 179 Å². The zero-order valence-corrected chi connectivity index (χ0v) is 47.3. The molecule has 8 bridgehead atoms. The molecule has 1 N–H and O–H groups in total. The van der Waals surface area contributed by atoms with Crippen LogP contribution >= 0.6 is 0 Å². The van der Waals surface area contributed by atoms with Gasteiger partial charge in [-0.05, 0) is 115 Å². The van der Waals surface area contributed by atoms with Crippen molar-refractivity contribution >= 4 is 46.2 Å². The second kappa shape index (κ2) is 19.6. The van der Waals surface area contributed by atoms with E-state index in [0.717, 1.165) is 44.5 Å². The minimum atomic E-state index is -0.436. The molecular weight excluding hydrogens is 965 g/mol. The third-order valence-electron chi connectivity index (χ3n) is 15.7. The van der Waals surface area contributed by atoms with Crippen LogP contribution in [0.25, 0.3) is 16.8 Å². The van der Waals surface area contributed by atoms with Crippen LogP contribution < -0.4 is 10.7 Å². The smallest absolute Gasteiger partial charge is 0.414 e. The first-order valence-electron chi connectivity index (χ1n) is 27.6. The summed E-state index contributed by atoms with van der Waals surface area (Å²) in [5.41, 5.74) is 15.3. The highest BCUT2D eigenvalue weighted by Crippen LogP contribution is 2.42. The van der Waals surface area contributed by atoms with Gasteiger partial charge in [-0.15, -0.1) is 0 Å². The molecular formula is C68H72N6O4. The van der Waals surface area contributed by atoms with Gasteiger partial charge in [-0.25, -0.2) is 19.6 Å². The van der Waals surface area contributed by atoms with Crippen LogP contribution in [0.15, 0.2) is 177 Å². The second-order valence-corrected chi connectivity index (χ2v) is 25.7. The van der Waals surface area contributed by atoms with Gasteiger partial charge in [0.1, 0.15) is 13.2 Å². The van der Waals surface area contributed by atoms with E-state index in [1.165, 1.54) is 22.3 Å². The molecule has 10 nitrogen and oxygen atoms in total. The lowest BCUT2D eigenvalue weighted by atomic mass is 9.78. The molecule has 7 heterocycles. The fraction of sp³-hybridized carbons (Fsp3) is 0.338. The molecule has 398 valence electrons. The highest BCUT2D eigenvalue weighted by molar-refractivity contribution is 6.32. The maximum absolute atomic E-state index is 14.5. The molecule has 78 heavy (non-hydrogen) atoms. The summed E-state index contributed by atoms with van der Waals surface area (Å²) in [6.07, 6.45) is 11.0. The fourth-order valence-corrected chi connectivity index (χ4v) is 11.2. The van der Waals surface area contributed by atoms with Gasteiger partial charge in [0, 0.05) is 22.9 Å². The Morgan fingerprint density at radius 3 is 1.46 bits per heavy atom. The SMILES string of the molecule is CC(C)(C)c1cc(C2=C3C=CC(=N3)C(N3C(=O)OCC3Cc3ccccc3)=c3ccc([nH]3)=C(c3cc(C(C)(C)C)cc(C(C)(C)C)c3)C3=NC(=C(N4C(=O)OCC4Cc4ccccc4)C4=CCC2=N4)C=C3)cc(C(C)(C)C)c1. The topological polar surface area (TPSA) is 112 Å². The van der Waals surface area contributed by atoms with Crippen molar-refractivity contribution in [2.24, 2.45) is 15.0 Å². The van der Waals surface area contributed by atoms with E-state index in [1.807, 2.05) is 48.6 Å². The van der Waals surface area contributed by atoms with Crippen molar-refractivity contribution < 1.29 is 19.1 Å². The Bertz CT molecular complexity index is 3620. The van der Waals surface area contributed by atoms with E-state index in [0.29, 0.717) is 64.5 Å². The van der Waals surface area contributed by atoms with Crippen LogP contribution in [0.5, 0.6) is 0 Å². The third-order valence-corrected chi connectivity index (χ3v) is 15.7. The van der Waals surface area contributed by atoms with Gasteiger partial charge in [0.25, 0.3) is 0 Å². The number of ether oxygens (including phenoxy) is 2. The number of nitrogens with one attached hydrogen (secondary N) is 1. The Hall–Kier alpha value is -7.85. The summed E-state index contributed by atoms with van der Waals surface area (Å²) in [6.45, 7) is 27.4. The number of amides is 2. The molecule has 6 aliphatic heterocycles. The summed E-state index contributed by atoms with van der Waals surface area (Å²) in [5.74, 6) is 0. The van der Waals surface area contributed by atoms with E-state index in [9.17, 15) is 9.59 Å². The van der Waals surface area contributed by atoms with Crippen molar-refractivity contribution in [3.05, 3.63) is 218 Å². The number of carbonyl (C=O) groups is 2. The van der Waals surface area contributed by atoms with Crippen molar-refractivity contribution in [2.75, 3.05) is 13.2 Å². The summed E-state index contributed by atoms with van der Waals surface area (Å²) in [5, 5.41) is 1.50. The molecule has 6 aliphatic rings. The Kier molecular flexibility index (Phi) is 13.1. The Labute approximate surface area is 459 Å². The molecule has 5 aromatic rings. The number of hydrogen-bond donors (Lipinski definition) is 1. The number of H-pyrrole nitrogens is 1. The minimum Gasteiger partial charge on any atom is -0.447 e. The van der Waals surface area contributed by atoms with Gasteiger partial charge in [0.15, 0.2) is 0 Å². The molecule has 0 aliphatic carbocycles. The molecule has 1 aromatic heterocycles. The lowest BCUT2D eigenvalue weighted by Gasteiger charge is -2.27. The van der Waals surface area contributed by atoms with Crippen LogP contribution in [0.2, 0.25) is 0 Å². The Balaban J connectivity index is 1.25. The van der Waals surface area contributed by atoms with Crippen LogP contribution in [-0.2, 0) is 44.0 Å². The molecule has 2 unspecified atom stereocenters. The predicted octanol–water partition coefficient (Wildman–Crippen LogP) is 13.0. The quantitative estimate of drug-likeness (QED) is 0.167. The Morgan fingerprint density at radius 2 is 0.949 bits per heavy atom. The molecule has 2 fully saturated rings. The monoisotopic (exact) mass is 1040 g/mol. The number of cyclic esters (lactones) is 2. The summed E-state index contributed by atoms with van der Waals surface area (Å²) in [7, 11) is 0. The van der Waals surface area contributed by atoms with Gasteiger partial charge in [-0.3, -0.25) is 14.8 Å². The van der Waals surface area contributed by atoms with E-state index in [4.69, 9.17) is 24.5 Å². The first-order valence-corrected chi connectivity index (χ1v) is 27.6. The molecule has 2 atom stereocenters. The summed E-state index contributed by atoms with van der Waals surface area (Å²) in [4.78, 5) is 53.3. The van der Waals surface area contributed by atoms with E-state index in [-0.39, 0.29) is 47.0 Å².